The number of aromatic nitrogens is 2. The van der Waals surface area contributed by atoms with E-state index in [0.717, 1.165) is 17.3 Å². The largest absolute Gasteiger partial charge is 0.307 e. The predicted molar refractivity (Wildman–Crippen MR) is 111 cm³/mol. The Morgan fingerprint density at radius 1 is 1.03 bits per heavy atom. The van der Waals surface area contributed by atoms with E-state index in [0.29, 0.717) is 22.2 Å². The molecule has 4 aromatic rings. The van der Waals surface area contributed by atoms with Gasteiger partial charge in [-0.2, -0.15) is 0 Å². The first-order valence-electron chi connectivity index (χ1n) is 8.90. The van der Waals surface area contributed by atoms with Gasteiger partial charge in [0.1, 0.15) is 12.0 Å². The van der Waals surface area contributed by atoms with Gasteiger partial charge in [0.25, 0.3) is 11.6 Å². The van der Waals surface area contributed by atoms with E-state index in [9.17, 15) is 14.9 Å². The Morgan fingerprint density at radius 2 is 1.79 bits per heavy atom. The van der Waals surface area contributed by atoms with Crippen LogP contribution < -0.4 is 5.32 Å². The maximum atomic E-state index is 13.0. The van der Waals surface area contributed by atoms with E-state index >= 15 is 0 Å². The van der Waals surface area contributed by atoms with Crippen LogP contribution in [-0.2, 0) is 0 Å². The molecule has 2 aromatic carbocycles. The molecular formula is C22H16N4O3. The van der Waals surface area contributed by atoms with Crippen molar-refractivity contribution in [2.24, 2.45) is 0 Å². The monoisotopic (exact) mass is 384 g/mol. The van der Waals surface area contributed by atoms with Crippen molar-refractivity contribution in [3.8, 4) is 11.3 Å². The predicted octanol–water partition coefficient (Wildman–Crippen LogP) is 4.77. The van der Waals surface area contributed by atoms with Gasteiger partial charge in [-0.1, -0.05) is 48.0 Å². The highest BCUT2D eigenvalue weighted by molar-refractivity contribution is 6.12. The van der Waals surface area contributed by atoms with Crippen LogP contribution in [0.4, 0.5) is 11.5 Å². The third-order valence-electron chi connectivity index (χ3n) is 4.51. The van der Waals surface area contributed by atoms with Gasteiger partial charge in [-0.25, -0.2) is 9.97 Å². The SMILES string of the molecule is Cc1ccc(-c2cc(C(=O)Nc3ccc([N+](=O)[O-])cn3)c3ccccc3n2)cc1. The molecule has 2 heterocycles. The Bertz CT molecular complexity index is 1220. The topological polar surface area (TPSA) is 98.0 Å². The van der Waals surface area contributed by atoms with Crippen molar-refractivity contribution in [3.05, 3.63) is 94.2 Å². The quantitative estimate of drug-likeness (QED) is 0.404. The fraction of sp³-hybridized carbons (Fsp3) is 0.0455. The molecule has 0 bridgehead atoms. The minimum Gasteiger partial charge on any atom is -0.307 e. The molecule has 29 heavy (non-hydrogen) atoms. The first-order chi connectivity index (χ1) is 14.0. The first kappa shape index (κ1) is 18.2. The zero-order valence-electron chi connectivity index (χ0n) is 15.5. The van der Waals surface area contributed by atoms with Gasteiger partial charge < -0.3 is 5.32 Å². The number of amides is 1. The van der Waals surface area contributed by atoms with Crippen molar-refractivity contribution in [3.63, 3.8) is 0 Å². The second-order valence-corrected chi connectivity index (χ2v) is 6.55. The van der Waals surface area contributed by atoms with Crippen LogP contribution in [0.2, 0.25) is 0 Å². The standard InChI is InChI=1S/C22H16N4O3/c1-14-6-8-15(9-7-14)20-12-18(17-4-2-3-5-19(17)24-20)22(27)25-21-11-10-16(13-23-21)26(28)29/h2-13H,1H3,(H,23,25,27). The number of nitro groups is 1. The molecule has 7 heteroatoms. The normalized spacial score (nSPS) is 10.7. The average molecular weight is 384 g/mol. The van der Waals surface area contributed by atoms with Crippen LogP contribution in [0, 0.1) is 17.0 Å². The summed E-state index contributed by atoms with van der Waals surface area (Å²) in [6.45, 7) is 2.01. The molecule has 0 spiro atoms. The molecule has 0 atom stereocenters. The van der Waals surface area contributed by atoms with E-state index in [-0.39, 0.29) is 17.4 Å². The van der Waals surface area contributed by atoms with Crippen LogP contribution in [0.15, 0.2) is 72.9 Å². The summed E-state index contributed by atoms with van der Waals surface area (Å²) in [4.78, 5) is 31.8. The van der Waals surface area contributed by atoms with E-state index in [1.54, 1.807) is 6.07 Å². The summed E-state index contributed by atoms with van der Waals surface area (Å²) in [6.07, 6.45) is 1.11. The van der Waals surface area contributed by atoms with Crippen molar-refractivity contribution in [1.29, 1.82) is 0 Å². The van der Waals surface area contributed by atoms with Crippen molar-refractivity contribution in [2.45, 2.75) is 6.92 Å². The summed E-state index contributed by atoms with van der Waals surface area (Å²) < 4.78 is 0. The van der Waals surface area contributed by atoms with Gasteiger partial charge in [-0.3, -0.25) is 14.9 Å². The van der Waals surface area contributed by atoms with Crippen LogP contribution in [0.1, 0.15) is 15.9 Å². The number of carbonyl (C=O) groups is 1. The minimum atomic E-state index is -0.539. The van der Waals surface area contributed by atoms with Gasteiger partial charge in [0, 0.05) is 17.0 Å². The molecule has 0 radical (unpaired) electrons. The number of nitrogens with zero attached hydrogens (tertiary/aromatic N) is 3. The van der Waals surface area contributed by atoms with Crippen molar-refractivity contribution in [2.75, 3.05) is 5.32 Å². The fourth-order valence-electron chi connectivity index (χ4n) is 2.99. The van der Waals surface area contributed by atoms with E-state index in [1.807, 2.05) is 55.5 Å². The van der Waals surface area contributed by atoms with Gasteiger partial charge in [0.2, 0.25) is 0 Å². The average Bonchev–Trinajstić information content (AvgIpc) is 2.74. The second-order valence-electron chi connectivity index (χ2n) is 6.55. The first-order valence-corrected chi connectivity index (χ1v) is 8.90. The van der Waals surface area contributed by atoms with E-state index in [2.05, 4.69) is 15.3 Å². The molecule has 1 amide bonds. The Morgan fingerprint density at radius 3 is 2.48 bits per heavy atom. The third-order valence-corrected chi connectivity index (χ3v) is 4.51. The highest BCUT2D eigenvalue weighted by atomic mass is 16.6. The number of para-hydroxylation sites is 1. The number of anilines is 1. The van der Waals surface area contributed by atoms with E-state index in [4.69, 9.17) is 0 Å². The van der Waals surface area contributed by atoms with Crippen LogP contribution in [0.25, 0.3) is 22.2 Å². The lowest BCUT2D eigenvalue weighted by molar-refractivity contribution is -0.385. The molecule has 0 fully saturated rings. The number of nitrogens with one attached hydrogen (secondary N) is 1. The zero-order chi connectivity index (χ0) is 20.4. The molecule has 0 saturated heterocycles. The molecule has 142 valence electrons. The summed E-state index contributed by atoms with van der Waals surface area (Å²) >= 11 is 0. The summed E-state index contributed by atoms with van der Waals surface area (Å²) in [7, 11) is 0. The smallest absolute Gasteiger partial charge is 0.287 e. The highest BCUT2D eigenvalue weighted by Crippen LogP contribution is 2.26. The molecule has 7 nitrogen and oxygen atoms in total. The number of aryl methyl sites for hydroxylation is 1. The molecule has 2 aromatic heterocycles. The second kappa shape index (κ2) is 7.47. The van der Waals surface area contributed by atoms with Crippen LogP contribution in [-0.4, -0.2) is 20.8 Å². The lowest BCUT2D eigenvalue weighted by Crippen LogP contribution is -2.14. The molecule has 0 saturated carbocycles. The van der Waals surface area contributed by atoms with Crippen molar-refractivity contribution in [1.82, 2.24) is 9.97 Å². The van der Waals surface area contributed by atoms with Gasteiger partial charge in [0.05, 0.1) is 21.7 Å². The Kier molecular flexibility index (Phi) is 4.70. The Balaban J connectivity index is 1.74. The van der Waals surface area contributed by atoms with Gasteiger partial charge >= 0.3 is 0 Å². The Hall–Kier alpha value is -4.13. The highest BCUT2D eigenvalue weighted by Gasteiger charge is 2.15. The lowest BCUT2D eigenvalue weighted by atomic mass is 10.0. The van der Waals surface area contributed by atoms with Gasteiger partial charge in [-0.05, 0) is 25.1 Å². The molecule has 0 aliphatic rings. The number of hydrogen-bond acceptors (Lipinski definition) is 5. The molecule has 0 aliphatic heterocycles. The molecule has 4 rings (SSSR count). The van der Waals surface area contributed by atoms with E-state index in [1.165, 1.54) is 12.1 Å². The van der Waals surface area contributed by atoms with Crippen molar-refractivity contribution >= 4 is 28.3 Å². The minimum absolute atomic E-state index is 0.140. The number of fused-ring (bicyclic) bond motifs is 1. The molecule has 0 aliphatic carbocycles. The number of rotatable bonds is 4. The summed E-state index contributed by atoms with van der Waals surface area (Å²) in [5.74, 6) is -0.128. The zero-order valence-corrected chi connectivity index (χ0v) is 15.5. The van der Waals surface area contributed by atoms with Crippen LogP contribution in [0.3, 0.4) is 0 Å². The number of pyridine rings is 2. The maximum absolute atomic E-state index is 13.0. The maximum Gasteiger partial charge on any atom is 0.287 e. The summed E-state index contributed by atoms with van der Waals surface area (Å²) in [5, 5.41) is 14.2. The fourth-order valence-corrected chi connectivity index (χ4v) is 2.99. The number of carbonyl (C=O) groups excluding carboxylic acids is 1. The van der Waals surface area contributed by atoms with E-state index < -0.39 is 4.92 Å². The number of benzene rings is 2. The lowest BCUT2D eigenvalue weighted by Gasteiger charge is -2.10. The molecule has 1 N–H and O–H groups in total. The Labute approximate surface area is 166 Å². The summed E-state index contributed by atoms with van der Waals surface area (Å²) in [5.41, 5.74) is 3.74. The number of hydrogen-bond donors (Lipinski definition) is 1. The molecular weight excluding hydrogens is 368 g/mol. The third kappa shape index (κ3) is 3.79. The van der Waals surface area contributed by atoms with Crippen LogP contribution in [0.5, 0.6) is 0 Å². The van der Waals surface area contributed by atoms with Gasteiger partial charge in [-0.15, -0.1) is 0 Å². The van der Waals surface area contributed by atoms with Crippen molar-refractivity contribution < 1.29 is 9.72 Å². The van der Waals surface area contributed by atoms with Gasteiger partial charge in [0.15, 0.2) is 0 Å². The van der Waals surface area contributed by atoms with Crippen LogP contribution >= 0.6 is 0 Å². The summed E-state index contributed by atoms with van der Waals surface area (Å²) in [6, 6.07) is 19.8. The molecule has 0 unspecified atom stereocenters.